The molecule has 0 aromatic heterocycles. The molecule has 0 spiro atoms. The quantitative estimate of drug-likeness (QED) is 0.690. The fourth-order valence-electron chi connectivity index (χ4n) is 1.84. The van der Waals surface area contributed by atoms with Crippen molar-refractivity contribution in [1.82, 2.24) is 10.2 Å². The fourth-order valence-corrected chi connectivity index (χ4v) is 1.84. The smallest absolute Gasteiger partial charge is 0.223 e. The molecule has 1 heterocycles. The minimum absolute atomic E-state index is 0.204. The lowest BCUT2D eigenvalue weighted by molar-refractivity contribution is -0.131. The second kappa shape index (κ2) is 7.63. The molecule has 0 aromatic carbocycles. The van der Waals surface area contributed by atoms with E-state index in [2.05, 4.69) is 12.2 Å². The van der Waals surface area contributed by atoms with Gasteiger partial charge < -0.3 is 15.0 Å². The number of unbranched alkanes of at least 4 members (excludes halogenated alkanes) is 2. The van der Waals surface area contributed by atoms with Gasteiger partial charge in [0.05, 0.1) is 13.2 Å². The number of hydrogen-bond acceptors (Lipinski definition) is 3. The molecule has 0 aromatic rings. The molecule has 4 heteroatoms. The predicted octanol–water partition coefficient (Wildman–Crippen LogP) is 1.01. The summed E-state index contributed by atoms with van der Waals surface area (Å²) in [6.45, 7) is 5.33. The first-order chi connectivity index (χ1) is 7.74. The highest BCUT2D eigenvalue weighted by atomic mass is 16.5. The standard InChI is InChI=1S/C12H24N2O2/c1-3-4-5-7-14(2)12(15)9-11-10-16-8-6-13-11/h11,13H,3-10H2,1-2H3. The van der Waals surface area contributed by atoms with Crippen LogP contribution < -0.4 is 5.32 Å². The summed E-state index contributed by atoms with van der Waals surface area (Å²) in [4.78, 5) is 13.7. The third-order valence-electron chi connectivity index (χ3n) is 2.94. The number of carbonyl (C=O) groups is 1. The average molecular weight is 228 g/mol. The molecule has 1 unspecified atom stereocenters. The maximum Gasteiger partial charge on any atom is 0.223 e. The van der Waals surface area contributed by atoms with Gasteiger partial charge in [0.15, 0.2) is 0 Å². The number of rotatable bonds is 6. The topological polar surface area (TPSA) is 41.6 Å². The Hall–Kier alpha value is -0.610. The highest BCUT2D eigenvalue weighted by Crippen LogP contribution is 2.03. The zero-order chi connectivity index (χ0) is 11.8. The molecule has 94 valence electrons. The molecule has 1 atom stereocenters. The Morgan fingerprint density at radius 3 is 2.94 bits per heavy atom. The van der Waals surface area contributed by atoms with E-state index in [-0.39, 0.29) is 11.9 Å². The third kappa shape index (κ3) is 4.94. The van der Waals surface area contributed by atoms with E-state index in [4.69, 9.17) is 4.74 Å². The zero-order valence-electron chi connectivity index (χ0n) is 10.5. The SMILES string of the molecule is CCCCCN(C)C(=O)CC1COCCN1. The first kappa shape index (κ1) is 13.5. The molecule has 1 aliphatic heterocycles. The fraction of sp³-hybridized carbons (Fsp3) is 0.917. The zero-order valence-corrected chi connectivity index (χ0v) is 10.5. The second-order valence-corrected chi connectivity index (χ2v) is 4.45. The van der Waals surface area contributed by atoms with Crippen LogP contribution in [0.25, 0.3) is 0 Å². The Bertz CT molecular complexity index is 203. The van der Waals surface area contributed by atoms with E-state index in [1.54, 1.807) is 0 Å². The molecule has 1 saturated heterocycles. The highest BCUT2D eigenvalue weighted by molar-refractivity contribution is 5.76. The summed E-state index contributed by atoms with van der Waals surface area (Å²) in [5, 5.41) is 3.30. The van der Waals surface area contributed by atoms with Crippen molar-refractivity contribution in [3.63, 3.8) is 0 Å². The molecular weight excluding hydrogens is 204 g/mol. The molecule has 4 nitrogen and oxygen atoms in total. The lowest BCUT2D eigenvalue weighted by atomic mass is 10.1. The summed E-state index contributed by atoms with van der Waals surface area (Å²) in [6, 6.07) is 0.204. The molecule has 0 aliphatic carbocycles. The van der Waals surface area contributed by atoms with Gasteiger partial charge >= 0.3 is 0 Å². The van der Waals surface area contributed by atoms with Crippen LogP contribution in [0.3, 0.4) is 0 Å². The second-order valence-electron chi connectivity index (χ2n) is 4.45. The van der Waals surface area contributed by atoms with Gasteiger partial charge in [-0.3, -0.25) is 4.79 Å². The molecule has 1 aliphatic rings. The summed E-state index contributed by atoms with van der Waals surface area (Å²) >= 11 is 0. The van der Waals surface area contributed by atoms with Crippen LogP contribution in [0.2, 0.25) is 0 Å². The minimum atomic E-state index is 0.204. The third-order valence-corrected chi connectivity index (χ3v) is 2.94. The van der Waals surface area contributed by atoms with Crippen molar-refractivity contribution in [2.24, 2.45) is 0 Å². The summed E-state index contributed by atoms with van der Waals surface area (Å²) in [5.74, 6) is 0.221. The van der Waals surface area contributed by atoms with Gasteiger partial charge in [-0.05, 0) is 6.42 Å². The first-order valence-corrected chi connectivity index (χ1v) is 6.29. The maximum atomic E-state index is 11.8. The number of ether oxygens (including phenoxy) is 1. The number of carbonyl (C=O) groups excluding carboxylic acids is 1. The van der Waals surface area contributed by atoms with Crippen LogP contribution in [-0.4, -0.2) is 50.2 Å². The van der Waals surface area contributed by atoms with Crippen molar-refractivity contribution in [2.75, 3.05) is 33.4 Å². The normalized spacial score (nSPS) is 20.8. The Kier molecular flexibility index (Phi) is 6.42. The molecule has 1 fully saturated rings. The van der Waals surface area contributed by atoms with Crippen molar-refractivity contribution < 1.29 is 9.53 Å². The van der Waals surface area contributed by atoms with Crippen LogP contribution in [0, 0.1) is 0 Å². The first-order valence-electron chi connectivity index (χ1n) is 6.29. The molecule has 0 radical (unpaired) electrons. The minimum Gasteiger partial charge on any atom is -0.378 e. The molecular formula is C12H24N2O2. The number of nitrogens with zero attached hydrogens (tertiary/aromatic N) is 1. The average Bonchev–Trinajstić information content (AvgIpc) is 2.30. The van der Waals surface area contributed by atoms with Gasteiger partial charge in [0.25, 0.3) is 0 Å². The monoisotopic (exact) mass is 228 g/mol. The lowest BCUT2D eigenvalue weighted by Gasteiger charge is -2.25. The Morgan fingerprint density at radius 2 is 2.31 bits per heavy atom. The van der Waals surface area contributed by atoms with Crippen LogP contribution in [-0.2, 0) is 9.53 Å². The predicted molar refractivity (Wildman–Crippen MR) is 64.4 cm³/mol. The molecule has 0 bridgehead atoms. The number of morpholine rings is 1. The van der Waals surface area contributed by atoms with E-state index >= 15 is 0 Å². The molecule has 1 amide bonds. The van der Waals surface area contributed by atoms with E-state index in [1.165, 1.54) is 12.8 Å². The van der Waals surface area contributed by atoms with E-state index in [0.29, 0.717) is 13.0 Å². The van der Waals surface area contributed by atoms with Crippen LogP contribution in [0.4, 0.5) is 0 Å². The summed E-state index contributed by atoms with van der Waals surface area (Å²) in [6.07, 6.45) is 4.05. The molecule has 0 saturated carbocycles. The van der Waals surface area contributed by atoms with Crippen molar-refractivity contribution in [3.8, 4) is 0 Å². The van der Waals surface area contributed by atoms with Gasteiger partial charge in [-0.25, -0.2) is 0 Å². The largest absolute Gasteiger partial charge is 0.378 e. The lowest BCUT2D eigenvalue weighted by Crippen LogP contribution is -2.44. The van der Waals surface area contributed by atoms with Crippen LogP contribution in [0.1, 0.15) is 32.6 Å². The maximum absolute atomic E-state index is 11.8. The molecule has 16 heavy (non-hydrogen) atoms. The van der Waals surface area contributed by atoms with Crippen molar-refractivity contribution in [1.29, 1.82) is 0 Å². The van der Waals surface area contributed by atoms with Crippen molar-refractivity contribution in [3.05, 3.63) is 0 Å². The number of hydrogen-bond donors (Lipinski definition) is 1. The number of amides is 1. The van der Waals surface area contributed by atoms with Crippen LogP contribution in [0.15, 0.2) is 0 Å². The van der Waals surface area contributed by atoms with Crippen molar-refractivity contribution in [2.45, 2.75) is 38.6 Å². The van der Waals surface area contributed by atoms with E-state index in [1.807, 2.05) is 11.9 Å². The number of nitrogens with one attached hydrogen (secondary N) is 1. The van der Waals surface area contributed by atoms with Gasteiger partial charge in [-0.15, -0.1) is 0 Å². The van der Waals surface area contributed by atoms with Crippen molar-refractivity contribution >= 4 is 5.91 Å². The van der Waals surface area contributed by atoms with Gasteiger partial charge in [0.1, 0.15) is 0 Å². The molecule has 1 N–H and O–H groups in total. The highest BCUT2D eigenvalue weighted by Gasteiger charge is 2.18. The van der Waals surface area contributed by atoms with Gasteiger partial charge in [-0.2, -0.15) is 0 Å². The van der Waals surface area contributed by atoms with Crippen LogP contribution in [0.5, 0.6) is 0 Å². The summed E-state index contributed by atoms with van der Waals surface area (Å²) in [7, 11) is 1.89. The van der Waals surface area contributed by atoms with Gasteiger partial charge in [-0.1, -0.05) is 19.8 Å². The van der Waals surface area contributed by atoms with E-state index in [0.717, 1.165) is 26.1 Å². The summed E-state index contributed by atoms with van der Waals surface area (Å²) < 4.78 is 5.33. The van der Waals surface area contributed by atoms with E-state index in [9.17, 15) is 4.79 Å². The Morgan fingerprint density at radius 1 is 1.50 bits per heavy atom. The van der Waals surface area contributed by atoms with Crippen LogP contribution >= 0.6 is 0 Å². The van der Waals surface area contributed by atoms with E-state index < -0.39 is 0 Å². The Balaban J connectivity index is 2.16. The summed E-state index contributed by atoms with van der Waals surface area (Å²) in [5.41, 5.74) is 0. The van der Waals surface area contributed by atoms with Gasteiger partial charge in [0, 0.05) is 32.6 Å². The Labute approximate surface area is 98.3 Å². The van der Waals surface area contributed by atoms with Gasteiger partial charge in [0.2, 0.25) is 5.91 Å². The molecule has 1 rings (SSSR count).